The molecule has 174 valence electrons. The molecule has 1 N–H and O–H groups in total. The molecule has 1 amide bonds. The average molecular weight is 458 g/mol. The van der Waals surface area contributed by atoms with Crippen molar-refractivity contribution in [3.8, 4) is 5.75 Å². The van der Waals surface area contributed by atoms with Crippen molar-refractivity contribution in [2.75, 3.05) is 51.3 Å². The number of rotatable bonds is 10. The molecule has 1 saturated heterocycles. The number of hydrogen-bond donors (Lipinski definition) is 1. The minimum atomic E-state index is 0.216. The number of benzene rings is 1. The van der Waals surface area contributed by atoms with Crippen LogP contribution in [-0.2, 0) is 11.2 Å². The SMILES string of the molecule is COc1cccc(Cc2nsc(N3CCN(CCNC(=O)CCC4CCCC4)CC3)n2)c1. The number of amides is 1. The Kier molecular flexibility index (Phi) is 8.34. The van der Waals surface area contributed by atoms with Gasteiger partial charge in [-0.15, -0.1) is 0 Å². The summed E-state index contributed by atoms with van der Waals surface area (Å²) < 4.78 is 9.87. The van der Waals surface area contributed by atoms with E-state index in [9.17, 15) is 4.79 Å². The van der Waals surface area contributed by atoms with Gasteiger partial charge >= 0.3 is 0 Å². The number of carbonyl (C=O) groups excluding carboxylic acids is 1. The lowest BCUT2D eigenvalue weighted by Gasteiger charge is -2.34. The van der Waals surface area contributed by atoms with Crippen LogP contribution in [0.2, 0.25) is 0 Å². The Morgan fingerprint density at radius 3 is 2.81 bits per heavy atom. The number of nitrogens with one attached hydrogen (secondary N) is 1. The molecule has 8 heteroatoms. The Morgan fingerprint density at radius 2 is 2.03 bits per heavy atom. The van der Waals surface area contributed by atoms with E-state index >= 15 is 0 Å². The Hall–Kier alpha value is -2.19. The van der Waals surface area contributed by atoms with Crippen LogP contribution in [0.25, 0.3) is 0 Å². The molecule has 32 heavy (non-hydrogen) atoms. The quantitative estimate of drug-likeness (QED) is 0.590. The lowest BCUT2D eigenvalue weighted by Crippen LogP contribution is -2.48. The number of piperazine rings is 1. The van der Waals surface area contributed by atoms with Crippen LogP contribution in [0.15, 0.2) is 24.3 Å². The van der Waals surface area contributed by atoms with Crippen molar-refractivity contribution in [1.82, 2.24) is 19.6 Å². The largest absolute Gasteiger partial charge is 0.497 e. The first-order chi connectivity index (χ1) is 15.7. The van der Waals surface area contributed by atoms with E-state index in [2.05, 4.69) is 25.6 Å². The summed E-state index contributed by atoms with van der Waals surface area (Å²) in [4.78, 5) is 21.6. The number of ether oxygens (including phenoxy) is 1. The number of nitrogens with zero attached hydrogens (tertiary/aromatic N) is 4. The molecule has 1 aliphatic carbocycles. The predicted octanol–water partition coefficient (Wildman–Crippen LogP) is 3.35. The van der Waals surface area contributed by atoms with Crippen LogP contribution >= 0.6 is 11.5 Å². The van der Waals surface area contributed by atoms with Gasteiger partial charge in [-0.3, -0.25) is 9.69 Å². The summed E-state index contributed by atoms with van der Waals surface area (Å²) in [6, 6.07) is 8.06. The summed E-state index contributed by atoms with van der Waals surface area (Å²) in [6.07, 6.45) is 7.79. The van der Waals surface area contributed by atoms with Crippen LogP contribution in [0, 0.1) is 5.92 Å². The highest BCUT2D eigenvalue weighted by molar-refractivity contribution is 7.09. The lowest BCUT2D eigenvalue weighted by molar-refractivity contribution is -0.121. The Bertz CT molecular complexity index is 860. The molecule has 2 fully saturated rings. The molecule has 4 rings (SSSR count). The van der Waals surface area contributed by atoms with Gasteiger partial charge in [-0.05, 0) is 30.0 Å². The van der Waals surface area contributed by atoms with E-state index in [1.54, 1.807) is 7.11 Å². The van der Waals surface area contributed by atoms with Crippen LogP contribution in [0.3, 0.4) is 0 Å². The van der Waals surface area contributed by atoms with E-state index in [1.165, 1.54) is 37.2 Å². The molecular weight excluding hydrogens is 422 g/mol. The first-order valence-corrected chi connectivity index (χ1v) is 12.7. The second kappa shape index (κ2) is 11.6. The van der Waals surface area contributed by atoms with E-state index in [0.29, 0.717) is 12.8 Å². The molecule has 2 aromatic rings. The predicted molar refractivity (Wildman–Crippen MR) is 129 cm³/mol. The fraction of sp³-hybridized carbons (Fsp3) is 0.625. The first-order valence-electron chi connectivity index (χ1n) is 11.9. The number of aromatic nitrogens is 2. The third-order valence-corrected chi connectivity index (χ3v) is 7.42. The van der Waals surface area contributed by atoms with E-state index in [1.807, 2.05) is 18.2 Å². The van der Waals surface area contributed by atoms with E-state index in [0.717, 1.165) is 73.9 Å². The number of anilines is 1. The zero-order valence-electron chi connectivity index (χ0n) is 19.1. The van der Waals surface area contributed by atoms with E-state index in [-0.39, 0.29) is 5.91 Å². The second-order valence-corrected chi connectivity index (χ2v) is 9.62. The summed E-state index contributed by atoms with van der Waals surface area (Å²) in [5.74, 6) is 2.72. The van der Waals surface area contributed by atoms with Crippen LogP contribution in [-0.4, -0.2) is 66.5 Å². The average Bonchev–Trinajstić information content (AvgIpc) is 3.51. The number of carbonyl (C=O) groups is 1. The van der Waals surface area contributed by atoms with Crippen LogP contribution in [0.1, 0.15) is 49.9 Å². The maximum atomic E-state index is 12.1. The summed E-state index contributed by atoms with van der Waals surface area (Å²) >= 11 is 1.48. The zero-order valence-corrected chi connectivity index (χ0v) is 19.9. The summed E-state index contributed by atoms with van der Waals surface area (Å²) in [5, 5.41) is 4.11. The van der Waals surface area contributed by atoms with Gasteiger partial charge in [0.05, 0.1) is 7.11 Å². The third kappa shape index (κ3) is 6.65. The Labute approximate surface area is 195 Å². The molecule has 1 aliphatic heterocycles. The fourth-order valence-electron chi connectivity index (χ4n) is 4.65. The lowest BCUT2D eigenvalue weighted by atomic mass is 10.0. The van der Waals surface area contributed by atoms with Crippen molar-refractivity contribution in [1.29, 1.82) is 0 Å². The fourth-order valence-corrected chi connectivity index (χ4v) is 5.39. The maximum absolute atomic E-state index is 12.1. The first kappa shape index (κ1) is 23.0. The summed E-state index contributed by atoms with van der Waals surface area (Å²) in [5.41, 5.74) is 1.16. The van der Waals surface area contributed by atoms with Crippen molar-refractivity contribution in [3.05, 3.63) is 35.7 Å². The van der Waals surface area contributed by atoms with Gasteiger partial charge in [0.15, 0.2) is 0 Å². The molecule has 0 radical (unpaired) electrons. The van der Waals surface area contributed by atoms with E-state index < -0.39 is 0 Å². The van der Waals surface area contributed by atoms with Crippen molar-refractivity contribution < 1.29 is 9.53 Å². The van der Waals surface area contributed by atoms with Gasteiger partial charge in [0.1, 0.15) is 11.6 Å². The number of hydrogen-bond acceptors (Lipinski definition) is 7. The second-order valence-electron chi connectivity index (χ2n) is 8.89. The summed E-state index contributed by atoms with van der Waals surface area (Å²) in [7, 11) is 1.68. The smallest absolute Gasteiger partial charge is 0.220 e. The molecule has 0 unspecified atom stereocenters. The molecule has 0 atom stereocenters. The minimum absolute atomic E-state index is 0.216. The topological polar surface area (TPSA) is 70.6 Å². The van der Waals surface area contributed by atoms with Gasteiger partial charge in [-0.1, -0.05) is 37.8 Å². The van der Waals surface area contributed by atoms with Crippen molar-refractivity contribution in [3.63, 3.8) is 0 Å². The van der Waals surface area contributed by atoms with Gasteiger partial charge in [-0.25, -0.2) is 4.98 Å². The van der Waals surface area contributed by atoms with Crippen LogP contribution < -0.4 is 15.0 Å². The Morgan fingerprint density at radius 1 is 1.22 bits per heavy atom. The van der Waals surface area contributed by atoms with Gasteiger partial charge in [0, 0.05) is 63.6 Å². The van der Waals surface area contributed by atoms with Crippen LogP contribution in [0.4, 0.5) is 5.13 Å². The molecule has 1 aromatic heterocycles. The van der Waals surface area contributed by atoms with E-state index in [4.69, 9.17) is 9.72 Å². The van der Waals surface area contributed by atoms with Gasteiger partial charge in [0.2, 0.25) is 11.0 Å². The van der Waals surface area contributed by atoms with Crippen molar-refractivity contribution >= 4 is 22.6 Å². The molecule has 0 spiro atoms. The van der Waals surface area contributed by atoms with Crippen LogP contribution in [0.5, 0.6) is 5.75 Å². The highest BCUT2D eigenvalue weighted by Gasteiger charge is 2.20. The van der Waals surface area contributed by atoms with Crippen molar-refractivity contribution in [2.24, 2.45) is 5.92 Å². The van der Waals surface area contributed by atoms with Crippen molar-refractivity contribution in [2.45, 2.75) is 44.9 Å². The Balaban J connectivity index is 1.14. The molecule has 1 saturated carbocycles. The zero-order chi connectivity index (χ0) is 22.2. The van der Waals surface area contributed by atoms with Gasteiger partial charge in [-0.2, -0.15) is 4.37 Å². The molecular formula is C24H35N5O2S. The molecule has 2 heterocycles. The monoisotopic (exact) mass is 457 g/mol. The highest BCUT2D eigenvalue weighted by Crippen LogP contribution is 2.28. The molecule has 0 bridgehead atoms. The standard InChI is InChI=1S/C24H35N5O2S/c1-31-21-8-4-7-20(17-21)18-22-26-24(32-27-22)29-15-13-28(14-16-29)12-11-25-23(30)10-9-19-5-2-3-6-19/h4,7-8,17,19H,2-3,5-6,9-16,18H2,1H3,(H,25,30). The maximum Gasteiger partial charge on any atom is 0.220 e. The minimum Gasteiger partial charge on any atom is -0.497 e. The van der Waals surface area contributed by atoms with Gasteiger partial charge in [0.25, 0.3) is 0 Å². The van der Waals surface area contributed by atoms with Gasteiger partial charge < -0.3 is 15.0 Å². The summed E-state index contributed by atoms with van der Waals surface area (Å²) in [6.45, 7) is 5.53. The molecule has 2 aliphatic rings. The number of methoxy groups -OCH3 is 1. The highest BCUT2D eigenvalue weighted by atomic mass is 32.1. The third-order valence-electron chi connectivity index (χ3n) is 6.60. The molecule has 1 aromatic carbocycles. The molecule has 7 nitrogen and oxygen atoms in total. The normalized spacial score (nSPS) is 17.6.